The van der Waals surface area contributed by atoms with Crippen molar-refractivity contribution in [2.45, 2.75) is 26.9 Å². The first-order chi connectivity index (χ1) is 12.0. The highest BCUT2D eigenvalue weighted by atomic mass is 32.1. The zero-order valence-corrected chi connectivity index (χ0v) is 15.1. The summed E-state index contributed by atoms with van der Waals surface area (Å²) in [5.74, 6) is 0.401. The number of benzene rings is 2. The molecule has 128 valence electrons. The summed E-state index contributed by atoms with van der Waals surface area (Å²) in [6, 6.07) is 15.6. The SMILES string of the molecule is Cc1ccc(O[C@@H](C)C(=O)Nc2nnc(-c3ccc(C)cc3)s2)cc1. The Morgan fingerprint density at radius 1 is 1.00 bits per heavy atom. The first-order valence-electron chi connectivity index (χ1n) is 7.96. The van der Waals surface area contributed by atoms with Gasteiger partial charge in [0.25, 0.3) is 5.91 Å². The van der Waals surface area contributed by atoms with E-state index < -0.39 is 6.10 Å². The summed E-state index contributed by atoms with van der Waals surface area (Å²) in [6.45, 7) is 5.74. The summed E-state index contributed by atoms with van der Waals surface area (Å²) in [4.78, 5) is 12.3. The van der Waals surface area contributed by atoms with Gasteiger partial charge in [0.05, 0.1) is 0 Å². The van der Waals surface area contributed by atoms with Crippen molar-refractivity contribution in [2.75, 3.05) is 5.32 Å². The van der Waals surface area contributed by atoms with Gasteiger partial charge in [0, 0.05) is 5.56 Å². The van der Waals surface area contributed by atoms with Gasteiger partial charge in [0.15, 0.2) is 6.10 Å². The highest BCUT2D eigenvalue weighted by Gasteiger charge is 2.17. The predicted molar refractivity (Wildman–Crippen MR) is 100.0 cm³/mol. The van der Waals surface area contributed by atoms with E-state index in [2.05, 4.69) is 15.5 Å². The smallest absolute Gasteiger partial charge is 0.266 e. The van der Waals surface area contributed by atoms with Crippen LogP contribution in [0.3, 0.4) is 0 Å². The van der Waals surface area contributed by atoms with E-state index >= 15 is 0 Å². The molecule has 6 heteroatoms. The Morgan fingerprint density at radius 2 is 1.60 bits per heavy atom. The number of rotatable bonds is 5. The van der Waals surface area contributed by atoms with Gasteiger partial charge in [-0.1, -0.05) is 58.9 Å². The standard InChI is InChI=1S/C19H19N3O2S/c1-12-4-8-15(9-5-12)18-21-22-19(25-18)20-17(23)14(3)24-16-10-6-13(2)7-11-16/h4-11,14H,1-3H3,(H,20,22,23)/t14-/m0/s1. The molecule has 2 aromatic carbocycles. The molecule has 0 spiro atoms. The van der Waals surface area contributed by atoms with E-state index in [1.165, 1.54) is 16.9 Å². The van der Waals surface area contributed by atoms with Crippen LogP contribution in [0.5, 0.6) is 5.75 Å². The highest BCUT2D eigenvalue weighted by molar-refractivity contribution is 7.18. The molecule has 1 N–H and O–H groups in total. The van der Waals surface area contributed by atoms with Gasteiger partial charge in [-0.05, 0) is 32.9 Å². The second-order valence-corrected chi connectivity index (χ2v) is 6.82. The summed E-state index contributed by atoms with van der Waals surface area (Å²) >= 11 is 1.34. The van der Waals surface area contributed by atoms with Crippen molar-refractivity contribution in [2.24, 2.45) is 0 Å². The van der Waals surface area contributed by atoms with Crippen molar-refractivity contribution in [3.63, 3.8) is 0 Å². The minimum absolute atomic E-state index is 0.257. The number of anilines is 1. The van der Waals surface area contributed by atoms with E-state index in [0.717, 1.165) is 16.1 Å². The molecule has 0 unspecified atom stereocenters. The Morgan fingerprint density at radius 3 is 2.24 bits per heavy atom. The molecule has 3 rings (SSSR count). The number of hydrogen-bond donors (Lipinski definition) is 1. The summed E-state index contributed by atoms with van der Waals surface area (Å²) in [6.07, 6.45) is -0.630. The average molecular weight is 353 g/mol. The third-order valence-electron chi connectivity index (χ3n) is 3.66. The lowest BCUT2D eigenvalue weighted by molar-refractivity contribution is -0.122. The maximum atomic E-state index is 12.3. The number of nitrogens with one attached hydrogen (secondary N) is 1. The van der Waals surface area contributed by atoms with E-state index in [4.69, 9.17) is 4.74 Å². The molecule has 3 aromatic rings. The molecule has 0 fully saturated rings. The minimum Gasteiger partial charge on any atom is -0.481 e. The third kappa shape index (κ3) is 4.42. The molecule has 0 aliphatic carbocycles. The van der Waals surface area contributed by atoms with Crippen molar-refractivity contribution in [3.05, 3.63) is 59.7 Å². The van der Waals surface area contributed by atoms with Crippen LogP contribution in [-0.4, -0.2) is 22.2 Å². The Kier molecular flexibility index (Phi) is 5.09. The topological polar surface area (TPSA) is 64.1 Å². The van der Waals surface area contributed by atoms with Gasteiger partial charge in [-0.15, -0.1) is 10.2 Å². The van der Waals surface area contributed by atoms with E-state index in [1.807, 2.05) is 62.4 Å². The average Bonchev–Trinajstić information content (AvgIpc) is 3.06. The molecule has 0 aliphatic heterocycles. The third-order valence-corrected chi connectivity index (χ3v) is 4.54. The van der Waals surface area contributed by atoms with Gasteiger partial charge >= 0.3 is 0 Å². The van der Waals surface area contributed by atoms with Crippen LogP contribution in [0.25, 0.3) is 10.6 Å². The van der Waals surface area contributed by atoms with Crippen LogP contribution in [0.4, 0.5) is 5.13 Å². The summed E-state index contributed by atoms with van der Waals surface area (Å²) in [7, 11) is 0. The zero-order valence-electron chi connectivity index (χ0n) is 14.3. The normalized spacial score (nSPS) is 11.8. The van der Waals surface area contributed by atoms with E-state index in [0.29, 0.717) is 10.9 Å². The molecule has 0 saturated heterocycles. The predicted octanol–water partition coefficient (Wildman–Crippen LogP) is 4.23. The number of ether oxygens (including phenoxy) is 1. The van der Waals surface area contributed by atoms with Crippen molar-refractivity contribution < 1.29 is 9.53 Å². The number of aryl methyl sites for hydroxylation is 2. The van der Waals surface area contributed by atoms with Crippen LogP contribution in [-0.2, 0) is 4.79 Å². The second kappa shape index (κ2) is 7.44. The Labute approximate surface area is 150 Å². The van der Waals surface area contributed by atoms with Crippen LogP contribution >= 0.6 is 11.3 Å². The zero-order chi connectivity index (χ0) is 17.8. The van der Waals surface area contributed by atoms with Gasteiger partial charge in [-0.25, -0.2) is 0 Å². The fourth-order valence-electron chi connectivity index (χ4n) is 2.17. The largest absolute Gasteiger partial charge is 0.481 e. The highest BCUT2D eigenvalue weighted by Crippen LogP contribution is 2.26. The van der Waals surface area contributed by atoms with Crippen molar-refractivity contribution >= 4 is 22.4 Å². The molecule has 1 atom stereocenters. The number of nitrogens with zero attached hydrogens (tertiary/aromatic N) is 2. The molecular weight excluding hydrogens is 334 g/mol. The quantitative estimate of drug-likeness (QED) is 0.745. The van der Waals surface area contributed by atoms with E-state index in [1.54, 1.807) is 6.92 Å². The maximum Gasteiger partial charge on any atom is 0.266 e. The molecule has 0 radical (unpaired) electrons. The van der Waals surface area contributed by atoms with E-state index in [-0.39, 0.29) is 5.91 Å². The number of aromatic nitrogens is 2. The van der Waals surface area contributed by atoms with Gasteiger partial charge < -0.3 is 4.74 Å². The molecule has 1 heterocycles. The molecule has 25 heavy (non-hydrogen) atoms. The fraction of sp³-hybridized carbons (Fsp3) is 0.211. The number of carbonyl (C=O) groups excluding carboxylic acids is 1. The number of carbonyl (C=O) groups is 1. The lowest BCUT2D eigenvalue weighted by Crippen LogP contribution is -2.30. The van der Waals surface area contributed by atoms with Gasteiger partial charge in [-0.3, -0.25) is 10.1 Å². The number of hydrogen-bond acceptors (Lipinski definition) is 5. The minimum atomic E-state index is -0.630. The molecular formula is C19H19N3O2S. The monoisotopic (exact) mass is 353 g/mol. The fourth-order valence-corrected chi connectivity index (χ4v) is 2.92. The Balaban J connectivity index is 1.62. The van der Waals surface area contributed by atoms with Crippen LogP contribution < -0.4 is 10.1 Å². The first kappa shape index (κ1) is 17.1. The lowest BCUT2D eigenvalue weighted by atomic mass is 10.2. The van der Waals surface area contributed by atoms with Crippen LogP contribution in [0.2, 0.25) is 0 Å². The lowest BCUT2D eigenvalue weighted by Gasteiger charge is -2.13. The van der Waals surface area contributed by atoms with E-state index in [9.17, 15) is 4.79 Å². The summed E-state index contributed by atoms with van der Waals surface area (Å²) in [5, 5.41) is 12.2. The van der Waals surface area contributed by atoms with Crippen LogP contribution in [0.1, 0.15) is 18.1 Å². The van der Waals surface area contributed by atoms with Crippen molar-refractivity contribution in [1.29, 1.82) is 0 Å². The van der Waals surface area contributed by atoms with Crippen LogP contribution in [0, 0.1) is 13.8 Å². The van der Waals surface area contributed by atoms with Gasteiger partial charge in [0.1, 0.15) is 10.8 Å². The molecule has 1 aromatic heterocycles. The molecule has 0 bridgehead atoms. The second-order valence-electron chi connectivity index (χ2n) is 5.84. The van der Waals surface area contributed by atoms with Gasteiger partial charge in [-0.2, -0.15) is 0 Å². The molecule has 0 saturated carbocycles. The van der Waals surface area contributed by atoms with Gasteiger partial charge in [0.2, 0.25) is 5.13 Å². The summed E-state index contributed by atoms with van der Waals surface area (Å²) in [5.41, 5.74) is 3.30. The maximum absolute atomic E-state index is 12.3. The van der Waals surface area contributed by atoms with Crippen LogP contribution in [0.15, 0.2) is 48.5 Å². The number of amides is 1. The summed E-state index contributed by atoms with van der Waals surface area (Å²) < 4.78 is 5.65. The molecule has 1 amide bonds. The Hall–Kier alpha value is -2.73. The Bertz CT molecular complexity index is 857. The molecule has 0 aliphatic rings. The van der Waals surface area contributed by atoms with Crippen molar-refractivity contribution in [1.82, 2.24) is 10.2 Å². The first-order valence-corrected chi connectivity index (χ1v) is 8.77. The molecule has 5 nitrogen and oxygen atoms in total. The van der Waals surface area contributed by atoms with Crippen molar-refractivity contribution in [3.8, 4) is 16.3 Å².